The number of hydrogen-bond acceptors (Lipinski definition) is 2. The van der Waals surface area contributed by atoms with Crippen molar-refractivity contribution in [3.05, 3.63) is 66.4 Å². The van der Waals surface area contributed by atoms with Crippen molar-refractivity contribution in [1.82, 2.24) is 4.57 Å². The third-order valence-corrected chi connectivity index (χ3v) is 3.62. The standard InChI is InChI=1S/C20H22N2O2/c1-20(2,3)24-19(23)21-17-14-22(13-15-9-5-4-6-10-15)18-12-8-7-11-16(17)18/h4-12,14H,13H2,1-3H3,(H,21,23). The van der Waals surface area contributed by atoms with Crippen LogP contribution in [0.3, 0.4) is 0 Å². The first-order valence-electron chi connectivity index (χ1n) is 8.04. The molecule has 0 aliphatic rings. The van der Waals surface area contributed by atoms with E-state index in [-0.39, 0.29) is 0 Å². The van der Waals surface area contributed by atoms with Gasteiger partial charge in [0, 0.05) is 18.1 Å². The van der Waals surface area contributed by atoms with Gasteiger partial charge in [-0.1, -0.05) is 48.5 Å². The Bertz CT molecular complexity index is 845. The van der Waals surface area contributed by atoms with Crippen LogP contribution in [0.5, 0.6) is 0 Å². The predicted molar refractivity (Wildman–Crippen MR) is 97.3 cm³/mol. The lowest BCUT2D eigenvalue weighted by atomic mass is 10.2. The van der Waals surface area contributed by atoms with E-state index in [2.05, 4.69) is 28.1 Å². The number of nitrogens with one attached hydrogen (secondary N) is 1. The third kappa shape index (κ3) is 3.77. The molecule has 0 aliphatic heterocycles. The highest BCUT2D eigenvalue weighted by Crippen LogP contribution is 2.27. The minimum atomic E-state index is -0.521. The van der Waals surface area contributed by atoms with Crippen LogP contribution in [0.1, 0.15) is 26.3 Å². The highest BCUT2D eigenvalue weighted by atomic mass is 16.6. The number of benzene rings is 2. The second kappa shape index (κ2) is 6.40. The molecule has 1 amide bonds. The molecule has 0 saturated heterocycles. The number of ether oxygens (including phenoxy) is 1. The van der Waals surface area contributed by atoms with Gasteiger partial charge in [0.05, 0.1) is 11.2 Å². The van der Waals surface area contributed by atoms with Gasteiger partial charge < -0.3 is 9.30 Å². The van der Waals surface area contributed by atoms with Crippen molar-refractivity contribution < 1.29 is 9.53 Å². The second-order valence-electron chi connectivity index (χ2n) is 6.80. The van der Waals surface area contributed by atoms with E-state index in [1.54, 1.807) is 0 Å². The lowest BCUT2D eigenvalue weighted by molar-refractivity contribution is 0.0636. The van der Waals surface area contributed by atoms with Crippen LogP contribution in [0.4, 0.5) is 10.5 Å². The fourth-order valence-corrected chi connectivity index (χ4v) is 2.67. The zero-order valence-corrected chi connectivity index (χ0v) is 14.2. The molecule has 0 bridgehead atoms. The predicted octanol–water partition coefficient (Wildman–Crippen LogP) is 5.04. The normalized spacial score (nSPS) is 11.5. The van der Waals surface area contributed by atoms with Crippen molar-refractivity contribution in [3.63, 3.8) is 0 Å². The quantitative estimate of drug-likeness (QED) is 0.734. The summed E-state index contributed by atoms with van der Waals surface area (Å²) in [6.45, 7) is 6.30. The van der Waals surface area contributed by atoms with Crippen LogP contribution in [0.25, 0.3) is 10.9 Å². The van der Waals surface area contributed by atoms with Crippen molar-refractivity contribution in [2.75, 3.05) is 5.32 Å². The van der Waals surface area contributed by atoms with Crippen molar-refractivity contribution in [2.45, 2.75) is 32.9 Å². The molecule has 0 saturated carbocycles. The van der Waals surface area contributed by atoms with Gasteiger partial charge in [-0.3, -0.25) is 5.32 Å². The summed E-state index contributed by atoms with van der Waals surface area (Å²) in [6, 6.07) is 18.3. The summed E-state index contributed by atoms with van der Waals surface area (Å²) in [5, 5.41) is 3.86. The van der Waals surface area contributed by atoms with Crippen LogP contribution >= 0.6 is 0 Å². The lowest BCUT2D eigenvalue weighted by Crippen LogP contribution is -2.27. The molecular weight excluding hydrogens is 300 g/mol. The number of rotatable bonds is 3. The number of para-hydroxylation sites is 1. The van der Waals surface area contributed by atoms with E-state index in [1.165, 1.54) is 5.56 Å². The maximum Gasteiger partial charge on any atom is 0.412 e. The molecule has 4 heteroatoms. The summed E-state index contributed by atoms with van der Waals surface area (Å²) < 4.78 is 7.50. The van der Waals surface area contributed by atoms with Gasteiger partial charge in [0.1, 0.15) is 5.60 Å². The Kier molecular flexibility index (Phi) is 4.30. The number of carbonyl (C=O) groups excluding carboxylic acids is 1. The van der Waals surface area contributed by atoms with E-state index >= 15 is 0 Å². The average molecular weight is 322 g/mol. The highest BCUT2D eigenvalue weighted by Gasteiger charge is 2.18. The van der Waals surface area contributed by atoms with Crippen LogP contribution in [-0.4, -0.2) is 16.3 Å². The Morgan fingerprint density at radius 2 is 1.71 bits per heavy atom. The molecule has 2 aromatic carbocycles. The lowest BCUT2D eigenvalue weighted by Gasteiger charge is -2.19. The third-order valence-electron chi connectivity index (χ3n) is 3.62. The minimum absolute atomic E-state index is 0.440. The first-order valence-corrected chi connectivity index (χ1v) is 8.04. The van der Waals surface area contributed by atoms with Crippen LogP contribution in [0.2, 0.25) is 0 Å². The van der Waals surface area contributed by atoms with E-state index in [0.29, 0.717) is 0 Å². The molecule has 1 heterocycles. The fourth-order valence-electron chi connectivity index (χ4n) is 2.67. The topological polar surface area (TPSA) is 43.3 Å². The molecule has 3 rings (SSSR count). The Morgan fingerprint density at radius 1 is 1.04 bits per heavy atom. The molecular formula is C20H22N2O2. The number of amides is 1. The summed E-state index contributed by atoms with van der Waals surface area (Å²) >= 11 is 0. The Balaban J connectivity index is 1.90. The largest absolute Gasteiger partial charge is 0.444 e. The number of anilines is 1. The molecule has 0 fully saturated rings. The van der Waals surface area contributed by atoms with Crippen molar-refractivity contribution in [2.24, 2.45) is 0 Å². The summed E-state index contributed by atoms with van der Waals surface area (Å²) in [6.07, 6.45) is 1.52. The number of carbonyl (C=O) groups is 1. The maximum absolute atomic E-state index is 12.1. The first-order chi connectivity index (χ1) is 11.4. The van der Waals surface area contributed by atoms with Gasteiger partial charge in [-0.25, -0.2) is 4.79 Å². The second-order valence-corrected chi connectivity index (χ2v) is 6.80. The van der Waals surface area contributed by atoms with Crippen LogP contribution in [-0.2, 0) is 11.3 Å². The highest BCUT2D eigenvalue weighted by molar-refractivity contribution is 5.99. The molecule has 124 valence electrons. The van der Waals surface area contributed by atoms with Crippen molar-refractivity contribution in [3.8, 4) is 0 Å². The van der Waals surface area contributed by atoms with E-state index in [0.717, 1.165) is 23.1 Å². The molecule has 4 nitrogen and oxygen atoms in total. The molecule has 1 N–H and O–H groups in total. The SMILES string of the molecule is CC(C)(C)OC(=O)Nc1cn(Cc2ccccc2)c2ccccc12. The van der Waals surface area contributed by atoms with E-state index in [4.69, 9.17) is 4.74 Å². The maximum atomic E-state index is 12.1. The summed E-state index contributed by atoms with van der Waals surface area (Å²) in [5.41, 5.74) is 2.53. The molecule has 0 atom stereocenters. The van der Waals surface area contributed by atoms with Crippen LogP contribution in [0.15, 0.2) is 60.8 Å². The van der Waals surface area contributed by atoms with Gasteiger partial charge in [0.15, 0.2) is 0 Å². The zero-order chi connectivity index (χ0) is 17.2. The molecule has 0 spiro atoms. The fraction of sp³-hybridized carbons (Fsp3) is 0.250. The first kappa shape index (κ1) is 16.1. The van der Waals surface area contributed by atoms with E-state index < -0.39 is 11.7 Å². The molecule has 0 radical (unpaired) electrons. The van der Waals surface area contributed by atoms with Crippen molar-refractivity contribution >= 4 is 22.7 Å². The number of nitrogens with zero attached hydrogens (tertiary/aromatic N) is 1. The number of fused-ring (bicyclic) bond motifs is 1. The Hall–Kier alpha value is -2.75. The van der Waals surface area contributed by atoms with Crippen molar-refractivity contribution in [1.29, 1.82) is 0 Å². The van der Waals surface area contributed by atoms with Gasteiger partial charge in [-0.2, -0.15) is 0 Å². The Labute approximate surface area is 142 Å². The summed E-state index contributed by atoms with van der Waals surface area (Å²) in [7, 11) is 0. The molecule has 1 aromatic heterocycles. The monoisotopic (exact) mass is 322 g/mol. The molecule has 24 heavy (non-hydrogen) atoms. The Morgan fingerprint density at radius 3 is 2.42 bits per heavy atom. The average Bonchev–Trinajstić information content (AvgIpc) is 2.85. The van der Waals surface area contributed by atoms with Crippen LogP contribution in [0, 0.1) is 0 Å². The van der Waals surface area contributed by atoms with Crippen LogP contribution < -0.4 is 5.32 Å². The number of aromatic nitrogens is 1. The van der Waals surface area contributed by atoms with Gasteiger partial charge in [0.2, 0.25) is 0 Å². The summed E-state index contributed by atoms with van der Waals surface area (Å²) in [4.78, 5) is 12.1. The molecule has 3 aromatic rings. The van der Waals surface area contributed by atoms with Gasteiger partial charge in [0.25, 0.3) is 0 Å². The van der Waals surface area contributed by atoms with Gasteiger partial charge in [-0.05, 0) is 32.4 Å². The number of hydrogen-bond donors (Lipinski definition) is 1. The molecule has 0 unspecified atom stereocenters. The van der Waals surface area contributed by atoms with E-state index in [9.17, 15) is 4.79 Å². The summed E-state index contributed by atoms with van der Waals surface area (Å²) in [5.74, 6) is 0. The van der Waals surface area contributed by atoms with Gasteiger partial charge >= 0.3 is 6.09 Å². The van der Waals surface area contributed by atoms with E-state index in [1.807, 2.05) is 63.4 Å². The zero-order valence-electron chi connectivity index (χ0n) is 14.2. The smallest absolute Gasteiger partial charge is 0.412 e. The minimum Gasteiger partial charge on any atom is -0.444 e. The van der Waals surface area contributed by atoms with Gasteiger partial charge in [-0.15, -0.1) is 0 Å². The molecule has 0 aliphatic carbocycles.